The van der Waals surface area contributed by atoms with Crippen LogP contribution in [0.1, 0.15) is 32.6 Å². The van der Waals surface area contributed by atoms with E-state index in [0.717, 1.165) is 17.7 Å². The van der Waals surface area contributed by atoms with Gasteiger partial charge in [-0.25, -0.2) is 0 Å². The second-order valence-electron chi connectivity index (χ2n) is 7.75. The van der Waals surface area contributed by atoms with E-state index >= 15 is 0 Å². The number of carbonyl (C=O) groups excluding carboxylic acids is 2. The standard InChI is InChI=1S/C24H31N5O4S/c1-4-12-28(15-21(30)25-18-9-6-7-10-19(18)32-3)17-23(31)29(13-5-2)16-22-26-27-24(33-22)20-11-8-14-34-20/h6-11,14H,4-5,12-13,15-17H2,1-3H3,(H,25,30). The Hall–Kier alpha value is -3.24. The number of benzene rings is 1. The van der Waals surface area contributed by atoms with Crippen LogP contribution >= 0.6 is 11.3 Å². The summed E-state index contributed by atoms with van der Waals surface area (Å²) in [6.07, 6.45) is 1.61. The summed E-state index contributed by atoms with van der Waals surface area (Å²) < 4.78 is 11.1. The lowest BCUT2D eigenvalue weighted by Gasteiger charge is -2.26. The van der Waals surface area contributed by atoms with Gasteiger partial charge in [-0.2, -0.15) is 0 Å². The first kappa shape index (κ1) is 25.4. The Balaban J connectivity index is 1.61. The number of anilines is 1. The Morgan fingerprint density at radius 2 is 1.85 bits per heavy atom. The molecular formula is C24H31N5O4S. The lowest BCUT2D eigenvalue weighted by molar-refractivity contribution is -0.133. The van der Waals surface area contributed by atoms with Crippen LogP contribution in [-0.2, 0) is 16.1 Å². The molecule has 2 amide bonds. The van der Waals surface area contributed by atoms with Gasteiger partial charge in [0.25, 0.3) is 5.89 Å². The molecule has 0 radical (unpaired) electrons. The van der Waals surface area contributed by atoms with Gasteiger partial charge in [-0.3, -0.25) is 14.5 Å². The minimum Gasteiger partial charge on any atom is -0.495 e. The van der Waals surface area contributed by atoms with E-state index in [9.17, 15) is 9.59 Å². The molecule has 3 rings (SSSR count). The lowest BCUT2D eigenvalue weighted by Crippen LogP contribution is -2.43. The highest BCUT2D eigenvalue weighted by atomic mass is 32.1. The van der Waals surface area contributed by atoms with Gasteiger partial charge in [-0.05, 0) is 43.0 Å². The van der Waals surface area contributed by atoms with Crippen LogP contribution in [0.15, 0.2) is 46.2 Å². The molecule has 0 fully saturated rings. The van der Waals surface area contributed by atoms with Gasteiger partial charge in [0.2, 0.25) is 17.7 Å². The molecule has 2 aromatic heterocycles. The van der Waals surface area contributed by atoms with Crippen molar-refractivity contribution in [2.75, 3.05) is 38.6 Å². The number of hydrogen-bond acceptors (Lipinski definition) is 8. The van der Waals surface area contributed by atoms with E-state index in [2.05, 4.69) is 15.5 Å². The molecule has 0 unspecified atom stereocenters. The fraction of sp³-hybridized carbons (Fsp3) is 0.417. The molecule has 1 N–H and O–H groups in total. The highest BCUT2D eigenvalue weighted by Crippen LogP contribution is 2.24. The molecule has 0 saturated heterocycles. The van der Waals surface area contributed by atoms with Crippen LogP contribution in [0.3, 0.4) is 0 Å². The van der Waals surface area contributed by atoms with Crippen LogP contribution in [0.2, 0.25) is 0 Å². The number of methoxy groups -OCH3 is 1. The molecule has 0 atom stereocenters. The summed E-state index contributed by atoms with van der Waals surface area (Å²) in [6, 6.07) is 11.1. The second-order valence-corrected chi connectivity index (χ2v) is 8.70. The van der Waals surface area contributed by atoms with Gasteiger partial charge in [0.1, 0.15) is 5.75 Å². The minimum absolute atomic E-state index is 0.0868. The van der Waals surface area contributed by atoms with Crippen LogP contribution in [0.4, 0.5) is 5.69 Å². The molecule has 34 heavy (non-hydrogen) atoms. The number of rotatable bonds is 13. The lowest BCUT2D eigenvalue weighted by atomic mass is 10.3. The number of hydrogen-bond donors (Lipinski definition) is 1. The topological polar surface area (TPSA) is 101 Å². The van der Waals surface area contributed by atoms with Crippen molar-refractivity contribution < 1.29 is 18.7 Å². The predicted octanol–water partition coefficient (Wildman–Crippen LogP) is 3.90. The number of nitrogens with zero attached hydrogens (tertiary/aromatic N) is 4. The third-order valence-electron chi connectivity index (χ3n) is 5.02. The largest absolute Gasteiger partial charge is 0.495 e. The number of para-hydroxylation sites is 2. The average Bonchev–Trinajstić information content (AvgIpc) is 3.51. The summed E-state index contributed by atoms with van der Waals surface area (Å²) in [4.78, 5) is 30.3. The van der Waals surface area contributed by atoms with Gasteiger partial charge in [-0.15, -0.1) is 21.5 Å². The zero-order valence-corrected chi connectivity index (χ0v) is 20.6. The Kier molecular flexibility index (Phi) is 9.60. The third-order valence-corrected chi connectivity index (χ3v) is 5.88. The van der Waals surface area contributed by atoms with Crippen molar-refractivity contribution in [1.82, 2.24) is 20.0 Å². The second kappa shape index (κ2) is 12.9. The first-order valence-corrected chi connectivity index (χ1v) is 12.2. The Bertz CT molecular complexity index is 1050. The maximum absolute atomic E-state index is 13.1. The van der Waals surface area contributed by atoms with Crippen LogP contribution in [0.25, 0.3) is 10.8 Å². The zero-order chi connectivity index (χ0) is 24.3. The molecule has 10 heteroatoms. The minimum atomic E-state index is -0.203. The van der Waals surface area contributed by atoms with E-state index in [1.807, 2.05) is 48.4 Å². The molecule has 0 aliphatic rings. The predicted molar refractivity (Wildman–Crippen MR) is 132 cm³/mol. The van der Waals surface area contributed by atoms with Crippen LogP contribution in [0.5, 0.6) is 5.75 Å². The summed E-state index contributed by atoms with van der Waals surface area (Å²) in [5, 5.41) is 13.0. The molecule has 0 bridgehead atoms. The van der Waals surface area contributed by atoms with Crippen LogP contribution in [0, 0.1) is 0 Å². The number of ether oxygens (including phenoxy) is 1. The first-order chi connectivity index (χ1) is 16.5. The van der Waals surface area contributed by atoms with Crippen molar-refractivity contribution in [1.29, 1.82) is 0 Å². The third kappa shape index (κ3) is 7.13. The molecule has 0 aliphatic heterocycles. The van der Waals surface area contributed by atoms with E-state index < -0.39 is 0 Å². The SMILES string of the molecule is CCCN(CC(=O)Nc1ccccc1OC)CC(=O)N(CCC)Cc1nnc(-c2cccs2)o1. The fourth-order valence-corrected chi connectivity index (χ4v) is 4.15. The molecule has 182 valence electrons. The molecule has 0 spiro atoms. The van der Waals surface area contributed by atoms with Gasteiger partial charge >= 0.3 is 0 Å². The summed E-state index contributed by atoms with van der Waals surface area (Å²) in [5.41, 5.74) is 0.600. The number of nitrogens with one attached hydrogen (secondary N) is 1. The van der Waals surface area contributed by atoms with Crippen LogP contribution in [-0.4, -0.2) is 65.1 Å². The number of aromatic nitrogens is 2. The molecular weight excluding hydrogens is 454 g/mol. The summed E-state index contributed by atoms with van der Waals surface area (Å²) in [7, 11) is 1.56. The molecule has 0 aliphatic carbocycles. The van der Waals surface area contributed by atoms with Crippen molar-refractivity contribution in [3.63, 3.8) is 0 Å². The number of carbonyl (C=O) groups is 2. The monoisotopic (exact) mass is 485 g/mol. The first-order valence-electron chi connectivity index (χ1n) is 11.3. The van der Waals surface area contributed by atoms with Gasteiger partial charge in [0.05, 0.1) is 37.3 Å². The highest BCUT2D eigenvalue weighted by Gasteiger charge is 2.21. The van der Waals surface area contributed by atoms with E-state index in [0.29, 0.717) is 36.3 Å². The maximum atomic E-state index is 13.1. The molecule has 2 heterocycles. The van der Waals surface area contributed by atoms with Crippen molar-refractivity contribution in [2.24, 2.45) is 0 Å². The molecule has 1 aromatic carbocycles. The average molecular weight is 486 g/mol. The van der Waals surface area contributed by atoms with E-state index in [4.69, 9.17) is 9.15 Å². The molecule has 9 nitrogen and oxygen atoms in total. The highest BCUT2D eigenvalue weighted by molar-refractivity contribution is 7.13. The van der Waals surface area contributed by atoms with E-state index in [-0.39, 0.29) is 31.4 Å². The van der Waals surface area contributed by atoms with Gasteiger partial charge in [0, 0.05) is 6.54 Å². The van der Waals surface area contributed by atoms with Crippen LogP contribution < -0.4 is 10.1 Å². The normalized spacial score (nSPS) is 10.9. The summed E-state index contributed by atoms with van der Waals surface area (Å²) in [6.45, 7) is 5.66. The van der Waals surface area contributed by atoms with Crippen molar-refractivity contribution in [3.05, 3.63) is 47.7 Å². The van der Waals surface area contributed by atoms with Crippen molar-refractivity contribution >= 4 is 28.8 Å². The Morgan fingerprint density at radius 3 is 2.56 bits per heavy atom. The molecule has 3 aromatic rings. The molecule has 0 saturated carbocycles. The summed E-state index contributed by atoms with van der Waals surface area (Å²) in [5.74, 6) is 1.14. The van der Waals surface area contributed by atoms with Crippen molar-refractivity contribution in [2.45, 2.75) is 33.2 Å². The Morgan fingerprint density at radius 1 is 1.06 bits per heavy atom. The maximum Gasteiger partial charge on any atom is 0.257 e. The van der Waals surface area contributed by atoms with Gasteiger partial charge in [0.15, 0.2) is 0 Å². The number of amides is 2. The van der Waals surface area contributed by atoms with E-state index in [1.54, 1.807) is 24.1 Å². The number of thiophene rings is 1. The zero-order valence-electron chi connectivity index (χ0n) is 19.8. The Labute approximate surface area is 203 Å². The fourth-order valence-electron chi connectivity index (χ4n) is 3.50. The smallest absolute Gasteiger partial charge is 0.257 e. The van der Waals surface area contributed by atoms with E-state index in [1.165, 1.54) is 11.3 Å². The quantitative estimate of drug-likeness (QED) is 0.392. The van der Waals surface area contributed by atoms with Crippen molar-refractivity contribution in [3.8, 4) is 16.5 Å². The van der Waals surface area contributed by atoms with Gasteiger partial charge < -0.3 is 19.4 Å². The summed E-state index contributed by atoms with van der Waals surface area (Å²) >= 11 is 1.52. The van der Waals surface area contributed by atoms with Gasteiger partial charge in [-0.1, -0.05) is 32.0 Å².